The summed E-state index contributed by atoms with van der Waals surface area (Å²) in [5.74, 6) is -0.266. The van der Waals surface area contributed by atoms with Crippen molar-refractivity contribution in [3.8, 4) is 0 Å². The summed E-state index contributed by atoms with van der Waals surface area (Å²) in [5, 5.41) is 5.97. The molecule has 1 aromatic heterocycles. The zero-order chi connectivity index (χ0) is 27.4. The molecule has 3 aliphatic rings. The number of aromatic nitrogens is 1. The number of aryl methyl sites for hydroxylation is 1. The van der Waals surface area contributed by atoms with E-state index in [0.29, 0.717) is 23.7 Å². The summed E-state index contributed by atoms with van der Waals surface area (Å²) in [6.07, 6.45) is 4.36. The molecule has 2 unspecified atom stereocenters. The van der Waals surface area contributed by atoms with Crippen LogP contribution < -0.4 is 10.0 Å². The van der Waals surface area contributed by atoms with E-state index >= 15 is 0 Å². The van der Waals surface area contributed by atoms with Gasteiger partial charge < -0.3 is 10.1 Å². The predicted molar refractivity (Wildman–Crippen MR) is 148 cm³/mol. The molecule has 38 heavy (non-hydrogen) atoms. The van der Waals surface area contributed by atoms with E-state index in [9.17, 15) is 18.2 Å². The third-order valence-corrected chi connectivity index (χ3v) is 8.49. The van der Waals surface area contributed by atoms with E-state index in [2.05, 4.69) is 40.8 Å². The van der Waals surface area contributed by atoms with Crippen molar-refractivity contribution in [1.29, 1.82) is 0 Å². The number of carbonyl (C=O) groups excluding carboxylic acids is 2. The van der Waals surface area contributed by atoms with Crippen molar-refractivity contribution in [1.82, 2.24) is 19.9 Å². The van der Waals surface area contributed by atoms with Gasteiger partial charge in [0.1, 0.15) is 16.8 Å². The highest BCUT2D eigenvalue weighted by atomic mass is 79.9. The second kappa shape index (κ2) is 12.1. The van der Waals surface area contributed by atoms with E-state index in [0.717, 1.165) is 41.0 Å². The molecule has 2 aliphatic heterocycles. The fourth-order valence-corrected chi connectivity index (χ4v) is 6.07. The molecule has 2 fully saturated rings. The Morgan fingerprint density at radius 3 is 2.71 bits per heavy atom. The van der Waals surface area contributed by atoms with Crippen molar-refractivity contribution in [3.63, 3.8) is 0 Å². The monoisotopic (exact) mass is 625 g/mol. The predicted octanol–water partition coefficient (Wildman–Crippen LogP) is 3.08. The Morgan fingerprint density at radius 1 is 1.39 bits per heavy atom. The zero-order valence-corrected chi connectivity index (χ0v) is 24.5. The highest BCUT2D eigenvalue weighted by Gasteiger charge is 2.54. The number of esters is 1. The molecule has 5 rings (SSSR count). The Morgan fingerprint density at radius 2 is 2.16 bits per heavy atom. The van der Waals surface area contributed by atoms with Crippen LogP contribution in [-0.4, -0.2) is 70.8 Å². The number of benzene rings is 1. The number of carbonyl (C=O) groups is 2. The Balaban J connectivity index is 0.000000360. The molecule has 2 N–H and O–H groups in total. The van der Waals surface area contributed by atoms with Crippen molar-refractivity contribution in [2.75, 3.05) is 33.0 Å². The fourth-order valence-electron chi connectivity index (χ4n) is 4.52. The lowest BCUT2D eigenvalue weighted by atomic mass is 10.0. The molecule has 9 nitrogen and oxygen atoms in total. The summed E-state index contributed by atoms with van der Waals surface area (Å²) in [4.78, 5) is 36.1. The Kier molecular flexibility index (Phi) is 9.11. The van der Waals surface area contributed by atoms with Gasteiger partial charge in [0, 0.05) is 40.6 Å². The third-order valence-electron chi connectivity index (χ3n) is 6.54. The minimum absolute atomic E-state index is 0.154. The number of hydrogen-bond donors (Lipinski definition) is 2. The average molecular weight is 627 g/mol. The minimum atomic E-state index is -1.42. The van der Waals surface area contributed by atoms with E-state index in [-0.39, 0.29) is 29.7 Å². The SMILES string of the molecule is COC(=O)C1=C(CN2CC3(CC3)CC2C(=O)NS(C)=O)NC(c2nc(C)cs2)=NC1.Fc1cccc(Br)c1. The van der Waals surface area contributed by atoms with Crippen molar-refractivity contribution >= 4 is 56.0 Å². The van der Waals surface area contributed by atoms with Crippen LogP contribution in [-0.2, 0) is 25.3 Å². The van der Waals surface area contributed by atoms with Crippen molar-refractivity contribution < 1.29 is 22.9 Å². The summed E-state index contributed by atoms with van der Waals surface area (Å²) in [5.41, 5.74) is 2.18. The molecule has 2 atom stereocenters. The molecule has 1 aromatic carbocycles. The molecule has 1 amide bonds. The lowest BCUT2D eigenvalue weighted by Crippen LogP contribution is -2.46. The number of amidine groups is 1. The zero-order valence-electron chi connectivity index (χ0n) is 21.3. The van der Waals surface area contributed by atoms with Crippen LogP contribution in [0.4, 0.5) is 4.39 Å². The lowest BCUT2D eigenvalue weighted by Gasteiger charge is -2.28. The average Bonchev–Trinajstić information content (AvgIpc) is 3.31. The Hall–Kier alpha value is -2.48. The first-order valence-electron chi connectivity index (χ1n) is 11.9. The number of likely N-dealkylation sites (tertiary alicyclic amines) is 1. The van der Waals surface area contributed by atoms with Gasteiger partial charge in [-0.3, -0.25) is 19.4 Å². The van der Waals surface area contributed by atoms with Crippen LogP contribution in [0.25, 0.3) is 0 Å². The Labute approximate surface area is 235 Å². The van der Waals surface area contributed by atoms with Gasteiger partial charge in [0.05, 0.1) is 25.3 Å². The van der Waals surface area contributed by atoms with E-state index in [4.69, 9.17) is 4.74 Å². The molecule has 1 aliphatic carbocycles. The van der Waals surface area contributed by atoms with E-state index in [1.807, 2.05) is 12.3 Å². The smallest absolute Gasteiger partial charge is 0.337 e. The first-order valence-corrected chi connectivity index (χ1v) is 15.2. The van der Waals surface area contributed by atoms with E-state index in [1.54, 1.807) is 12.1 Å². The van der Waals surface area contributed by atoms with Gasteiger partial charge in [-0.05, 0) is 49.8 Å². The number of ether oxygens (including phenoxy) is 1. The molecule has 1 saturated carbocycles. The van der Waals surface area contributed by atoms with Gasteiger partial charge in [0.15, 0.2) is 10.8 Å². The molecule has 204 valence electrons. The van der Waals surface area contributed by atoms with Crippen LogP contribution in [0.3, 0.4) is 0 Å². The maximum Gasteiger partial charge on any atom is 0.337 e. The fraction of sp³-hybridized carbons (Fsp3) is 0.440. The largest absolute Gasteiger partial charge is 0.466 e. The van der Waals surface area contributed by atoms with Crippen molar-refractivity contribution in [2.45, 2.75) is 32.2 Å². The number of aliphatic imine (C=N–C) groups is 1. The molecule has 13 heteroatoms. The highest BCUT2D eigenvalue weighted by molar-refractivity contribution is 9.10. The molecule has 1 spiro atoms. The van der Waals surface area contributed by atoms with Gasteiger partial charge in [-0.25, -0.2) is 18.4 Å². The first kappa shape index (κ1) is 28.5. The second-order valence-electron chi connectivity index (χ2n) is 9.52. The van der Waals surface area contributed by atoms with Gasteiger partial charge in [-0.1, -0.05) is 22.0 Å². The quantitative estimate of drug-likeness (QED) is 0.474. The summed E-state index contributed by atoms with van der Waals surface area (Å²) >= 11 is 4.61. The lowest BCUT2D eigenvalue weighted by molar-refractivity contribution is -0.136. The van der Waals surface area contributed by atoms with Crippen LogP contribution in [0, 0.1) is 18.2 Å². The van der Waals surface area contributed by atoms with Crippen molar-refractivity contribution in [3.05, 3.63) is 61.9 Å². The number of methoxy groups -OCH3 is 1. The standard InChI is InChI=1S/C19H25N5O4S2.C6H4BrF/c1-11-9-29-17(21-11)15-20-7-12(18(26)28-2)13(22-15)8-24-10-19(4-5-19)6-14(24)16(25)23-30(3)27;7-5-2-1-3-6(8)4-5/h9,14H,4-8,10H2,1-3H3,(H,20,22)(H,23,25);1-4H. The number of thiazole rings is 1. The summed E-state index contributed by atoms with van der Waals surface area (Å²) in [6.45, 7) is 3.26. The van der Waals surface area contributed by atoms with Gasteiger partial charge in [0.25, 0.3) is 0 Å². The van der Waals surface area contributed by atoms with Gasteiger partial charge in [-0.15, -0.1) is 11.3 Å². The van der Waals surface area contributed by atoms with Crippen LogP contribution in [0.15, 0.2) is 50.4 Å². The third kappa shape index (κ3) is 7.13. The molecule has 1 saturated heterocycles. The molecule has 3 heterocycles. The number of hydrogen-bond acceptors (Lipinski definition) is 9. The highest BCUT2D eigenvalue weighted by Crippen LogP contribution is 2.54. The van der Waals surface area contributed by atoms with Crippen LogP contribution in [0.1, 0.15) is 30.0 Å². The van der Waals surface area contributed by atoms with E-state index in [1.165, 1.54) is 36.8 Å². The normalized spacial score (nSPS) is 20.7. The second-order valence-corrected chi connectivity index (χ2v) is 12.4. The maximum atomic E-state index is 12.7. The minimum Gasteiger partial charge on any atom is -0.466 e. The number of amides is 1. The first-order chi connectivity index (χ1) is 18.1. The summed E-state index contributed by atoms with van der Waals surface area (Å²) in [6, 6.07) is 5.88. The van der Waals surface area contributed by atoms with E-state index < -0.39 is 17.0 Å². The molecular formula is C25H29BrFN5O4S2. The molecule has 0 radical (unpaired) electrons. The summed E-state index contributed by atoms with van der Waals surface area (Å²) in [7, 11) is -0.0703. The van der Waals surface area contributed by atoms with Gasteiger partial charge >= 0.3 is 5.97 Å². The molecule has 0 bridgehead atoms. The van der Waals surface area contributed by atoms with Crippen LogP contribution in [0.5, 0.6) is 0 Å². The van der Waals surface area contributed by atoms with Gasteiger partial charge in [-0.2, -0.15) is 0 Å². The van der Waals surface area contributed by atoms with Crippen LogP contribution >= 0.6 is 27.3 Å². The number of nitrogens with zero attached hydrogens (tertiary/aromatic N) is 3. The number of halogens is 2. The topological polar surface area (TPSA) is 113 Å². The van der Waals surface area contributed by atoms with Crippen molar-refractivity contribution in [2.24, 2.45) is 10.4 Å². The number of nitrogens with one attached hydrogen (secondary N) is 2. The summed E-state index contributed by atoms with van der Waals surface area (Å²) < 4.78 is 31.9. The molecular weight excluding hydrogens is 597 g/mol. The van der Waals surface area contributed by atoms with Crippen LogP contribution in [0.2, 0.25) is 0 Å². The van der Waals surface area contributed by atoms with Gasteiger partial charge in [0.2, 0.25) is 5.91 Å². The molecule has 2 aromatic rings. The maximum absolute atomic E-state index is 12.7. The number of rotatable bonds is 6. The Bertz CT molecular complexity index is 1290.